The maximum atomic E-state index is 12.9. The van der Waals surface area contributed by atoms with E-state index in [2.05, 4.69) is 62.4 Å². The lowest BCUT2D eigenvalue weighted by atomic mass is 10.2. The molecule has 220 valence electrons. The fourth-order valence-electron chi connectivity index (χ4n) is 2.52. The van der Waals surface area contributed by atoms with Crippen molar-refractivity contribution in [3.8, 4) is 0 Å². The van der Waals surface area contributed by atoms with Crippen molar-refractivity contribution in [2.75, 3.05) is 0 Å². The summed E-state index contributed by atoms with van der Waals surface area (Å²) in [5.41, 5.74) is -0.579. The largest absolute Gasteiger partial charge is 0.411 e. The average Bonchev–Trinajstić information content (AvgIpc) is 3.02. The number of rotatable bonds is 4. The van der Waals surface area contributed by atoms with Gasteiger partial charge in [0.15, 0.2) is 46.5 Å². The molecule has 0 bridgehead atoms. The van der Waals surface area contributed by atoms with Crippen molar-refractivity contribution in [1.29, 1.82) is 0 Å². The number of hydrogen-bond acceptors (Lipinski definition) is 8. The number of oxime groups is 2. The molecule has 0 unspecified atom stereocenters. The Morgan fingerprint density at radius 2 is 0.762 bits per heavy atom. The summed E-state index contributed by atoms with van der Waals surface area (Å²) >= 11 is 4.66. The highest BCUT2D eigenvalue weighted by Gasteiger charge is 2.24. The first-order valence-electron chi connectivity index (χ1n) is 10.6. The van der Waals surface area contributed by atoms with Gasteiger partial charge in [-0.15, -0.1) is 0 Å². The van der Waals surface area contributed by atoms with E-state index in [1.165, 1.54) is 0 Å². The normalized spacial score (nSPS) is 11.0. The highest BCUT2D eigenvalue weighted by Crippen LogP contribution is 2.28. The molecule has 0 amide bonds. The Bertz CT molecular complexity index is 1440. The molecular formula is C24H12Br2F8N6O2. The molecule has 0 radical (unpaired) electrons. The highest BCUT2D eigenvalue weighted by atomic mass is 79.9. The van der Waals surface area contributed by atoms with Crippen LogP contribution in [0.3, 0.4) is 0 Å². The standard InChI is InChI=1S/C10H8N4.2C7H2BrF4NO/c1-5-11-6-2-9(1)13-14-10-3-7-12-8-4-10;2*8-3-6(11)4(9)2(1-13-14)5(10)7(3)12/h1-8H;2*1,14H/b;2*13-1+. The van der Waals surface area contributed by atoms with Crippen molar-refractivity contribution >= 4 is 55.7 Å². The van der Waals surface area contributed by atoms with Gasteiger partial charge in [0.1, 0.15) is 0 Å². The number of aromatic nitrogens is 2. The Labute approximate surface area is 247 Å². The number of azo groups is 1. The predicted octanol–water partition coefficient (Wildman–Crippen LogP) is 8.52. The minimum absolute atomic E-state index is 0.267. The van der Waals surface area contributed by atoms with E-state index in [-0.39, 0.29) is 12.4 Å². The molecule has 0 aliphatic heterocycles. The second-order valence-electron chi connectivity index (χ2n) is 7.07. The minimum atomic E-state index is -1.63. The van der Waals surface area contributed by atoms with E-state index in [4.69, 9.17) is 10.4 Å². The zero-order valence-corrected chi connectivity index (χ0v) is 23.3. The highest BCUT2D eigenvalue weighted by molar-refractivity contribution is 9.10. The Hall–Kier alpha value is -4.32. The van der Waals surface area contributed by atoms with Crippen molar-refractivity contribution < 1.29 is 45.5 Å². The molecule has 0 aliphatic rings. The van der Waals surface area contributed by atoms with Gasteiger partial charge in [0.2, 0.25) is 0 Å². The molecule has 0 atom stereocenters. The Morgan fingerprint density at radius 3 is 1.00 bits per heavy atom. The molecule has 2 heterocycles. The second-order valence-corrected chi connectivity index (χ2v) is 8.65. The van der Waals surface area contributed by atoms with Crippen LogP contribution in [0.4, 0.5) is 46.5 Å². The van der Waals surface area contributed by atoms with Crippen LogP contribution >= 0.6 is 31.9 Å². The molecule has 0 spiro atoms. The topological polar surface area (TPSA) is 116 Å². The summed E-state index contributed by atoms with van der Waals surface area (Å²) in [5.74, 6) is -12.9. The van der Waals surface area contributed by atoms with E-state index < -0.39 is 66.6 Å². The molecule has 0 fully saturated rings. The smallest absolute Gasteiger partial charge is 0.176 e. The molecule has 18 heteroatoms. The summed E-state index contributed by atoms with van der Waals surface area (Å²) in [4.78, 5) is 7.78. The Balaban J connectivity index is 0.000000220. The van der Waals surface area contributed by atoms with Gasteiger partial charge in [-0.2, -0.15) is 10.2 Å². The van der Waals surface area contributed by atoms with Gasteiger partial charge >= 0.3 is 0 Å². The zero-order chi connectivity index (χ0) is 31.4. The molecule has 4 rings (SSSR count). The van der Waals surface area contributed by atoms with Crippen LogP contribution < -0.4 is 0 Å². The zero-order valence-electron chi connectivity index (χ0n) is 20.1. The molecule has 42 heavy (non-hydrogen) atoms. The summed E-state index contributed by atoms with van der Waals surface area (Å²) in [7, 11) is 0. The van der Waals surface area contributed by atoms with E-state index in [0.717, 1.165) is 11.4 Å². The average molecular weight is 728 g/mol. The van der Waals surface area contributed by atoms with Crippen molar-refractivity contribution in [2.45, 2.75) is 0 Å². The maximum Gasteiger partial charge on any atom is 0.176 e. The first-order chi connectivity index (χ1) is 20.0. The molecule has 0 saturated heterocycles. The van der Waals surface area contributed by atoms with Crippen molar-refractivity contribution in [1.82, 2.24) is 9.97 Å². The fourth-order valence-corrected chi connectivity index (χ4v) is 3.22. The van der Waals surface area contributed by atoms with Gasteiger partial charge in [-0.3, -0.25) is 9.97 Å². The minimum Gasteiger partial charge on any atom is -0.411 e. The third-order valence-electron chi connectivity index (χ3n) is 4.47. The van der Waals surface area contributed by atoms with Crippen molar-refractivity contribution in [3.63, 3.8) is 0 Å². The van der Waals surface area contributed by atoms with Crippen LogP contribution in [-0.4, -0.2) is 32.8 Å². The van der Waals surface area contributed by atoms with Crippen LogP contribution in [-0.2, 0) is 0 Å². The van der Waals surface area contributed by atoms with Gasteiger partial charge < -0.3 is 10.4 Å². The molecule has 8 nitrogen and oxygen atoms in total. The van der Waals surface area contributed by atoms with Crippen molar-refractivity contribution in [2.24, 2.45) is 20.5 Å². The van der Waals surface area contributed by atoms with E-state index in [0.29, 0.717) is 0 Å². The van der Waals surface area contributed by atoms with E-state index in [1.54, 1.807) is 49.1 Å². The maximum absolute atomic E-state index is 12.9. The summed E-state index contributed by atoms with van der Waals surface area (Å²) in [5, 5.41) is 28.6. The van der Waals surface area contributed by atoms with Gasteiger partial charge in [0, 0.05) is 24.8 Å². The van der Waals surface area contributed by atoms with Crippen LogP contribution in [0.2, 0.25) is 0 Å². The van der Waals surface area contributed by atoms with E-state index >= 15 is 0 Å². The lowest BCUT2D eigenvalue weighted by molar-refractivity contribution is 0.321. The summed E-state index contributed by atoms with van der Waals surface area (Å²) in [6.45, 7) is 0. The van der Waals surface area contributed by atoms with Crippen molar-refractivity contribution in [3.05, 3.63) is 116 Å². The Kier molecular flexibility index (Phi) is 13.1. The van der Waals surface area contributed by atoms with Gasteiger partial charge in [-0.05, 0) is 56.1 Å². The third kappa shape index (κ3) is 8.59. The Morgan fingerprint density at radius 1 is 0.500 bits per heavy atom. The van der Waals surface area contributed by atoms with Gasteiger partial charge in [-0.25, -0.2) is 35.1 Å². The monoisotopic (exact) mass is 726 g/mol. The molecule has 2 aromatic heterocycles. The SMILES string of the molecule is O/N=C/c1c(F)c(F)c(Br)c(F)c1F.O/N=C/c1c(F)c(F)c(Br)c(F)c1F.c1cc(N=Nc2ccncc2)ccn1. The summed E-state index contributed by atoms with van der Waals surface area (Å²) in [6.07, 6.45) is 7.26. The van der Waals surface area contributed by atoms with E-state index in [1.807, 2.05) is 0 Å². The van der Waals surface area contributed by atoms with Crippen LogP contribution in [0.5, 0.6) is 0 Å². The number of hydrogen-bond donors (Lipinski definition) is 2. The summed E-state index contributed by atoms with van der Waals surface area (Å²) < 4.78 is 101. The van der Waals surface area contributed by atoms with Crippen LogP contribution in [0, 0.1) is 46.5 Å². The molecule has 0 saturated carbocycles. The van der Waals surface area contributed by atoms with Crippen LogP contribution in [0.15, 0.2) is 78.5 Å². The number of pyridine rings is 2. The molecule has 2 aromatic carbocycles. The second kappa shape index (κ2) is 16.2. The molecule has 2 N–H and O–H groups in total. The molecular weight excluding hydrogens is 716 g/mol. The summed E-state index contributed by atoms with van der Waals surface area (Å²) in [6, 6.07) is 7.19. The number of halogens is 10. The van der Waals surface area contributed by atoms with Crippen LogP contribution in [0.25, 0.3) is 0 Å². The van der Waals surface area contributed by atoms with Crippen LogP contribution in [0.1, 0.15) is 11.1 Å². The van der Waals surface area contributed by atoms with Gasteiger partial charge in [-0.1, -0.05) is 10.3 Å². The van der Waals surface area contributed by atoms with E-state index in [9.17, 15) is 35.1 Å². The number of benzene rings is 2. The van der Waals surface area contributed by atoms with Gasteiger partial charge in [0.05, 0.1) is 43.9 Å². The first kappa shape index (κ1) is 33.9. The first-order valence-corrected chi connectivity index (χ1v) is 12.1. The molecule has 4 aromatic rings. The predicted molar refractivity (Wildman–Crippen MR) is 139 cm³/mol. The quantitative estimate of drug-likeness (QED) is 0.0417. The fraction of sp³-hybridized carbons (Fsp3) is 0. The third-order valence-corrected chi connectivity index (χ3v) is 5.86. The van der Waals surface area contributed by atoms with Gasteiger partial charge in [0.25, 0.3) is 0 Å². The molecule has 0 aliphatic carbocycles. The lowest BCUT2D eigenvalue weighted by Gasteiger charge is -2.03. The number of nitrogens with zero attached hydrogens (tertiary/aromatic N) is 6. The lowest BCUT2D eigenvalue weighted by Crippen LogP contribution is -2.03.